The number of hydrogen-bond donors (Lipinski definition) is 0. The van der Waals surface area contributed by atoms with E-state index in [1.54, 1.807) is 24.3 Å². The molecule has 0 atom stereocenters. The van der Waals surface area contributed by atoms with Gasteiger partial charge >= 0.3 is 0 Å². The molecule has 0 fully saturated rings. The van der Waals surface area contributed by atoms with Crippen molar-refractivity contribution in [2.75, 3.05) is 0 Å². The Morgan fingerprint density at radius 2 is 1.23 bits per heavy atom. The molecule has 0 saturated carbocycles. The molecule has 2 aromatic carbocycles. The molecule has 0 aliphatic rings. The van der Waals surface area contributed by atoms with Crippen LogP contribution in [0.4, 0.5) is 8.78 Å². The van der Waals surface area contributed by atoms with E-state index in [9.17, 15) is 8.78 Å². The Balaban J connectivity index is 2.14. The van der Waals surface area contributed by atoms with E-state index in [-0.39, 0.29) is 11.6 Å². The molecule has 0 radical (unpaired) electrons. The molecule has 4 heteroatoms. The lowest BCUT2D eigenvalue weighted by Crippen LogP contribution is -1.92. The van der Waals surface area contributed by atoms with Crippen LogP contribution in [0.15, 0.2) is 54.6 Å². The second-order valence-corrected chi connectivity index (χ2v) is 5.33. The van der Waals surface area contributed by atoms with Crippen molar-refractivity contribution in [3.05, 3.63) is 77.1 Å². The van der Waals surface area contributed by atoms with Crippen molar-refractivity contribution in [1.82, 2.24) is 4.98 Å². The van der Waals surface area contributed by atoms with Gasteiger partial charge < -0.3 is 0 Å². The minimum Gasteiger partial charge on any atom is -0.240 e. The zero-order chi connectivity index (χ0) is 15.7. The first-order chi connectivity index (χ1) is 10.5. The number of benzene rings is 2. The average Bonchev–Trinajstić information content (AvgIpc) is 2.50. The molecule has 0 unspecified atom stereocenters. The van der Waals surface area contributed by atoms with Crippen LogP contribution >= 0.6 is 11.6 Å². The SMILES string of the molecule is Cc1nc(Cl)c(-c2ccc(F)cc2)cc1-c1ccc(F)cc1. The smallest absolute Gasteiger partial charge is 0.137 e. The highest BCUT2D eigenvalue weighted by molar-refractivity contribution is 6.32. The fraction of sp³-hybridized carbons (Fsp3) is 0.0556. The number of hydrogen-bond acceptors (Lipinski definition) is 1. The van der Waals surface area contributed by atoms with Crippen LogP contribution in [0, 0.1) is 18.6 Å². The molecule has 0 aliphatic heterocycles. The second kappa shape index (κ2) is 5.85. The van der Waals surface area contributed by atoms with Gasteiger partial charge in [0.1, 0.15) is 16.8 Å². The third-order valence-electron chi connectivity index (χ3n) is 3.48. The van der Waals surface area contributed by atoms with E-state index in [1.165, 1.54) is 24.3 Å². The van der Waals surface area contributed by atoms with E-state index in [2.05, 4.69) is 4.98 Å². The summed E-state index contributed by atoms with van der Waals surface area (Å²) in [6.45, 7) is 1.85. The number of pyridine rings is 1. The van der Waals surface area contributed by atoms with Gasteiger partial charge in [-0.1, -0.05) is 35.9 Å². The van der Waals surface area contributed by atoms with Crippen molar-refractivity contribution in [2.24, 2.45) is 0 Å². The largest absolute Gasteiger partial charge is 0.240 e. The molecule has 1 nitrogen and oxygen atoms in total. The summed E-state index contributed by atoms with van der Waals surface area (Å²) in [6, 6.07) is 14.2. The molecule has 0 spiro atoms. The third-order valence-corrected chi connectivity index (χ3v) is 3.77. The molecule has 22 heavy (non-hydrogen) atoms. The standard InChI is InChI=1S/C18H12ClF2N/c1-11-16(12-2-6-14(20)7-3-12)10-17(18(19)22-11)13-4-8-15(21)9-5-13/h2-10H,1H3. The predicted molar refractivity (Wildman–Crippen MR) is 84.8 cm³/mol. The fourth-order valence-corrected chi connectivity index (χ4v) is 2.62. The predicted octanol–water partition coefficient (Wildman–Crippen LogP) is 5.66. The van der Waals surface area contributed by atoms with E-state index in [0.29, 0.717) is 10.7 Å². The van der Waals surface area contributed by atoms with E-state index in [1.807, 2.05) is 13.0 Å². The number of nitrogens with zero attached hydrogens (tertiary/aromatic N) is 1. The lowest BCUT2D eigenvalue weighted by Gasteiger charge is -2.11. The maximum atomic E-state index is 13.1. The molecular formula is C18H12ClF2N. The number of aryl methyl sites for hydroxylation is 1. The lowest BCUT2D eigenvalue weighted by molar-refractivity contribution is 0.627. The Hall–Kier alpha value is -2.26. The fourth-order valence-electron chi connectivity index (χ4n) is 2.33. The Morgan fingerprint density at radius 1 is 0.773 bits per heavy atom. The van der Waals surface area contributed by atoms with Crippen LogP contribution in [-0.2, 0) is 0 Å². The summed E-state index contributed by atoms with van der Waals surface area (Å²) in [4.78, 5) is 4.35. The summed E-state index contributed by atoms with van der Waals surface area (Å²) in [7, 11) is 0. The summed E-state index contributed by atoms with van der Waals surface area (Å²) >= 11 is 6.22. The minimum atomic E-state index is -0.307. The zero-order valence-corrected chi connectivity index (χ0v) is 12.5. The van der Waals surface area contributed by atoms with E-state index in [4.69, 9.17) is 11.6 Å². The van der Waals surface area contributed by atoms with Crippen molar-refractivity contribution in [2.45, 2.75) is 6.92 Å². The van der Waals surface area contributed by atoms with Gasteiger partial charge in [0.25, 0.3) is 0 Å². The summed E-state index contributed by atoms with van der Waals surface area (Å²) in [5.74, 6) is -0.596. The van der Waals surface area contributed by atoms with Gasteiger partial charge in [0.15, 0.2) is 0 Å². The Morgan fingerprint density at radius 3 is 1.73 bits per heavy atom. The topological polar surface area (TPSA) is 12.9 Å². The molecule has 0 bridgehead atoms. The highest BCUT2D eigenvalue weighted by Crippen LogP contribution is 2.33. The quantitative estimate of drug-likeness (QED) is 0.556. The van der Waals surface area contributed by atoms with E-state index >= 15 is 0 Å². The molecule has 110 valence electrons. The summed E-state index contributed by atoms with van der Waals surface area (Å²) in [5.41, 5.74) is 3.96. The van der Waals surface area contributed by atoms with E-state index in [0.717, 1.165) is 22.4 Å². The van der Waals surface area contributed by atoms with Gasteiger partial charge in [0.2, 0.25) is 0 Å². The Labute approximate surface area is 132 Å². The average molecular weight is 316 g/mol. The lowest BCUT2D eigenvalue weighted by atomic mass is 9.99. The first-order valence-electron chi connectivity index (χ1n) is 6.73. The van der Waals surface area contributed by atoms with Crippen molar-refractivity contribution in [3.8, 4) is 22.3 Å². The van der Waals surface area contributed by atoms with Gasteiger partial charge in [0, 0.05) is 16.8 Å². The molecule has 0 aliphatic carbocycles. The second-order valence-electron chi connectivity index (χ2n) is 4.97. The molecule has 0 amide bonds. The van der Waals surface area contributed by atoms with Crippen LogP contribution in [0.25, 0.3) is 22.3 Å². The summed E-state index contributed by atoms with van der Waals surface area (Å²) in [6.07, 6.45) is 0. The summed E-state index contributed by atoms with van der Waals surface area (Å²) < 4.78 is 26.1. The van der Waals surface area contributed by atoms with Crippen LogP contribution in [0.5, 0.6) is 0 Å². The van der Waals surface area contributed by atoms with Crippen LogP contribution in [0.1, 0.15) is 5.69 Å². The van der Waals surface area contributed by atoms with Crippen molar-refractivity contribution >= 4 is 11.6 Å². The van der Waals surface area contributed by atoms with Gasteiger partial charge in [-0.2, -0.15) is 0 Å². The van der Waals surface area contributed by atoms with E-state index < -0.39 is 0 Å². The minimum absolute atomic E-state index is 0.290. The Kier molecular flexibility index (Phi) is 3.90. The zero-order valence-electron chi connectivity index (χ0n) is 11.8. The van der Waals surface area contributed by atoms with Crippen LogP contribution in [-0.4, -0.2) is 4.98 Å². The Bertz CT molecular complexity index is 745. The molecule has 0 saturated heterocycles. The first-order valence-corrected chi connectivity index (χ1v) is 7.11. The molecule has 1 aromatic heterocycles. The molecule has 1 heterocycles. The maximum Gasteiger partial charge on any atom is 0.137 e. The number of aromatic nitrogens is 1. The van der Waals surface area contributed by atoms with Gasteiger partial charge in [0.05, 0.1) is 0 Å². The van der Waals surface area contributed by atoms with Crippen molar-refractivity contribution < 1.29 is 8.78 Å². The van der Waals surface area contributed by atoms with Crippen LogP contribution in [0.2, 0.25) is 5.15 Å². The van der Waals surface area contributed by atoms with Crippen LogP contribution in [0.3, 0.4) is 0 Å². The van der Waals surface area contributed by atoms with Gasteiger partial charge in [-0.05, 0) is 48.4 Å². The van der Waals surface area contributed by atoms with Crippen LogP contribution < -0.4 is 0 Å². The normalized spacial score (nSPS) is 10.7. The van der Waals surface area contributed by atoms with Gasteiger partial charge in [-0.15, -0.1) is 0 Å². The molecule has 3 aromatic rings. The molecule has 3 rings (SSSR count). The molecule has 0 N–H and O–H groups in total. The van der Waals surface area contributed by atoms with Gasteiger partial charge in [-0.25, -0.2) is 13.8 Å². The maximum absolute atomic E-state index is 13.1. The summed E-state index contributed by atoms with van der Waals surface area (Å²) in [5, 5.41) is 0.356. The molecular weight excluding hydrogens is 304 g/mol. The van der Waals surface area contributed by atoms with Crippen molar-refractivity contribution in [1.29, 1.82) is 0 Å². The highest BCUT2D eigenvalue weighted by Gasteiger charge is 2.11. The monoisotopic (exact) mass is 315 g/mol. The number of halogens is 3. The van der Waals surface area contributed by atoms with Gasteiger partial charge in [-0.3, -0.25) is 0 Å². The number of rotatable bonds is 2. The third kappa shape index (κ3) is 2.85. The first kappa shape index (κ1) is 14.7. The highest BCUT2D eigenvalue weighted by atomic mass is 35.5. The van der Waals surface area contributed by atoms with Crippen molar-refractivity contribution in [3.63, 3.8) is 0 Å².